The summed E-state index contributed by atoms with van der Waals surface area (Å²) in [7, 11) is 0. The topological polar surface area (TPSA) is 32.8 Å². The van der Waals surface area contributed by atoms with Gasteiger partial charge in [-0.3, -0.25) is 0 Å². The van der Waals surface area contributed by atoms with Crippen LogP contribution < -0.4 is 4.90 Å². The molecule has 0 bridgehead atoms. The lowest BCUT2D eigenvalue weighted by Gasteiger charge is -2.41. The van der Waals surface area contributed by atoms with E-state index < -0.39 is 5.60 Å². The first-order valence-corrected chi connectivity index (χ1v) is 10.0. The largest absolute Gasteiger partial charge is 0.444 e. The monoisotopic (exact) mass is 380 g/mol. The number of amides is 1. The fourth-order valence-electron chi connectivity index (χ4n) is 3.44. The van der Waals surface area contributed by atoms with Gasteiger partial charge in [-0.1, -0.05) is 48.2 Å². The molecule has 5 heteroatoms. The molecule has 2 aromatic carbocycles. The number of rotatable bonds is 1. The Morgan fingerprint density at radius 2 is 1.63 bits per heavy atom. The van der Waals surface area contributed by atoms with E-state index in [9.17, 15) is 4.79 Å². The highest BCUT2D eigenvalue weighted by Gasteiger charge is 2.32. The first kappa shape index (κ1) is 18.0. The van der Waals surface area contributed by atoms with E-state index in [1.807, 2.05) is 20.8 Å². The van der Waals surface area contributed by atoms with Crippen LogP contribution in [0.1, 0.15) is 20.8 Å². The second-order valence-corrected chi connectivity index (χ2v) is 8.87. The van der Waals surface area contributed by atoms with Crippen LogP contribution in [0.3, 0.4) is 0 Å². The van der Waals surface area contributed by atoms with Crippen molar-refractivity contribution in [2.24, 2.45) is 0 Å². The molecule has 0 saturated heterocycles. The predicted octanol–water partition coefficient (Wildman–Crippen LogP) is 5.46. The lowest BCUT2D eigenvalue weighted by Crippen LogP contribution is -2.48. The van der Waals surface area contributed by atoms with Crippen molar-refractivity contribution in [3.05, 3.63) is 60.7 Å². The number of para-hydroxylation sites is 2. The number of benzene rings is 2. The van der Waals surface area contributed by atoms with E-state index in [4.69, 9.17) is 4.74 Å². The minimum absolute atomic E-state index is 0.0643. The van der Waals surface area contributed by atoms with Gasteiger partial charge in [0.1, 0.15) is 5.60 Å². The van der Waals surface area contributed by atoms with Gasteiger partial charge in [-0.15, -0.1) is 0 Å². The maximum Gasteiger partial charge on any atom is 0.410 e. The number of hydrogen-bond donors (Lipinski definition) is 0. The second kappa shape index (κ2) is 6.97. The molecule has 2 heterocycles. The normalized spacial score (nSPS) is 18.7. The molecule has 0 fully saturated rings. The minimum Gasteiger partial charge on any atom is -0.444 e. The lowest BCUT2D eigenvalue weighted by atomic mass is 10.1. The number of anilines is 2. The first-order chi connectivity index (χ1) is 12.9. The lowest BCUT2D eigenvalue weighted by molar-refractivity contribution is 0.0260. The highest BCUT2D eigenvalue weighted by atomic mass is 32.2. The molecule has 4 nitrogen and oxygen atoms in total. The van der Waals surface area contributed by atoms with Crippen LogP contribution in [0.15, 0.2) is 70.5 Å². The summed E-state index contributed by atoms with van der Waals surface area (Å²) in [5.74, 6) is 0. The highest BCUT2D eigenvalue weighted by Crippen LogP contribution is 2.49. The van der Waals surface area contributed by atoms with Crippen LogP contribution >= 0.6 is 11.8 Å². The van der Waals surface area contributed by atoms with Crippen LogP contribution in [-0.4, -0.2) is 35.7 Å². The summed E-state index contributed by atoms with van der Waals surface area (Å²) in [4.78, 5) is 19.2. The predicted molar refractivity (Wildman–Crippen MR) is 110 cm³/mol. The van der Waals surface area contributed by atoms with Crippen LogP contribution in [0.5, 0.6) is 0 Å². The van der Waals surface area contributed by atoms with Gasteiger partial charge in [-0.2, -0.15) is 0 Å². The molecule has 1 atom stereocenters. The average Bonchev–Trinajstić information content (AvgIpc) is 2.65. The molecule has 0 aliphatic carbocycles. The van der Waals surface area contributed by atoms with Crippen LogP contribution in [0.4, 0.5) is 16.2 Å². The molecule has 0 radical (unpaired) electrons. The van der Waals surface area contributed by atoms with Crippen molar-refractivity contribution in [2.45, 2.75) is 42.2 Å². The van der Waals surface area contributed by atoms with Crippen LogP contribution in [0.2, 0.25) is 0 Å². The zero-order chi connectivity index (χ0) is 19.0. The van der Waals surface area contributed by atoms with E-state index in [2.05, 4.69) is 65.6 Å². The Labute approximate surface area is 164 Å². The van der Waals surface area contributed by atoms with E-state index in [1.165, 1.54) is 21.2 Å². The van der Waals surface area contributed by atoms with Crippen molar-refractivity contribution in [3.8, 4) is 0 Å². The van der Waals surface area contributed by atoms with Crippen molar-refractivity contribution in [1.82, 2.24) is 4.90 Å². The molecule has 140 valence electrons. The van der Waals surface area contributed by atoms with Gasteiger partial charge >= 0.3 is 6.09 Å². The quantitative estimate of drug-likeness (QED) is 0.615. The Morgan fingerprint density at radius 3 is 2.22 bits per heavy atom. The van der Waals surface area contributed by atoms with Crippen LogP contribution in [0.25, 0.3) is 0 Å². The summed E-state index contributed by atoms with van der Waals surface area (Å²) in [6, 6.07) is 17.0. The van der Waals surface area contributed by atoms with Gasteiger partial charge < -0.3 is 14.5 Å². The van der Waals surface area contributed by atoms with Crippen molar-refractivity contribution in [3.63, 3.8) is 0 Å². The van der Waals surface area contributed by atoms with E-state index in [1.54, 1.807) is 16.7 Å². The molecule has 2 aromatic rings. The Kier molecular flexibility index (Phi) is 4.64. The fourth-order valence-corrected chi connectivity index (χ4v) is 4.51. The van der Waals surface area contributed by atoms with Gasteiger partial charge in [-0.05, 0) is 45.0 Å². The Bertz CT molecular complexity index is 842. The third-order valence-electron chi connectivity index (χ3n) is 4.54. The third kappa shape index (κ3) is 3.69. The molecular weight excluding hydrogens is 356 g/mol. The highest BCUT2D eigenvalue weighted by molar-refractivity contribution is 7.99. The molecule has 0 spiro atoms. The SMILES string of the molecule is CC(C)(C)OC(=O)N1CC=CC(N2c3ccccc3Sc3ccccc32)C1. The fraction of sp³-hybridized carbons (Fsp3) is 0.318. The molecule has 27 heavy (non-hydrogen) atoms. The molecule has 2 aliphatic heterocycles. The third-order valence-corrected chi connectivity index (χ3v) is 5.67. The molecule has 2 aliphatic rings. The standard InChI is InChI=1S/C22H24N2O2S/c1-22(2,3)26-21(25)23-14-8-9-16(15-23)24-17-10-4-6-12-19(17)27-20-13-7-5-11-18(20)24/h4-13,16H,14-15H2,1-3H3. The van der Waals surface area contributed by atoms with Gasteiger partial charge in [0.15, 0.2) is 0 Å². The van der Waals surface area contributed by atoms with Crippen LogP contribution in [-0.2, 0) is 4.74 Å². The average molecular weight is 381 g/mol. The molecular formula is C22H24N2O2S. The van der Waals surface area contributed by atoms with Gasteiger partial charge in [0.2, 0.25) is 0 Å². The van der Waals surface area contributed by atoms with Crippen molar-refractivity contribution >= 4 is 29.2 Å². The summed E-state index contributed by atoms with van der Waals surface area (Å²) >= 11 is 1.79. The summed E-state index contributed by atoms with van der Waals surface area (Å²) < 4.78 is 5.58. The summed E-state index contributed by atoms with van der Waals surface area (Å²) in [6.45, 7) is 6.87. The number of fused-ring (bicyclic) bond motifs is 2. The molecule has 0 saturated carbocycles. The molecule has 0 aromatic heterocycles. The van der Waals surface area contributed by atoms with E-state index in [-0.39, 0.29) is 12.1 Å². The maximum atomic E-state index is 12.6. The summed E-state index contributed by atoms with van der Waals surface area (Å²) in [5.41, 5.74) is 1.87. The van der Waals surface area contributed by atoms with Crippen molar-refractivity contribution < 1.29 is 9.53 Å². The van der Waals surface area contributed by atoms with Gasteiger partial charge in [-0.25, -0.2) is 4.79 Å². The van der Waals surface area contributed by atoms with Gasteiger partial charge in [0.05, 0.1) is 17.4 Å². The number of nitrogens with zero attached hydrogens (tertiary/aromatic N) is 2. The first-order valence-electron chi connectivity index (χ1n) is 9.22. The summed E-state index contributed by atoms with van der Waals surface area (Å²) in [6.07, 6.45) is 4.00. The number of hydrogen-bond acceptors (Lipinski definition) is 4. The second-order valence-electron chi connectivity index (χ2n) is 7.79. The Balaban J connectivity index is 1.66. The zero-order valence-electron chi connectivity index (χ0n) is 15.9. The van der Waals surface area contributed by atoms with Crippen molar-refractivity contribution in [2.75, 3.05) is 18.0 Å². The maximum absolute atomic E-state index is 12.6. The number of carbonyl (C=O) groups excluding carboxylic acids is 1. The van der Waals surface area contributed by atoms with Crippen LogP contribution in [0, 0.1) is 0 Å². The number of carbonyl (C=O) groups is 1. The minimum atomic E-state index is -0.491. The van der Waals surface area contributed by atoms with Gasteiger partial charge in [0, 0.05) is 22.9 Å². The van der Waals surface area contributed by atoms with E-state index in [0.717, 1.165) is 0 Å². The number of ether oxygens (including phenoxy) is 1. The van der Waals surface area contributed by atoms with E-state index >= 15 is 0 Å². The molecule has 1 amide bonds. The van der Waals surface area contributed by atoms with E-state index in [0.29, 0.717) is 13.1 Å². The molecule has 0 N–H and O–H groups in total. The molecule has 4 rings (SSSR count). The molecule has 1 unspecified atom stereocenters. The van der Waals surface area contributed by atoms with Crippen molar-refractivity contribution in [1.29, 1.82) is 0 Å². The Hall–Kier alpha value is -2.40. The Morgan fingerprint density at radius 1 is 1.04 bits per heavy atom. The van der Waals surface area contributed by atoms with Gasteiger partial charge in [0.25, 0.3) is 0 Å². The summed E-state index contributed by atoms with van der Waals surface area (Å²) in [5, 5.41) is 0. The zero-order valence-corrected chi connectivity index (χ0v) is 16.7. The smallest absolute Gasteiger partial charge is 0.410 e.